The number of likely N-dealkylation sites (tertiary alicyclic amines) is 1. The number of aryl methyl sites for hydroxylation is 1. The van der Waals surface area contributed by atoms with Crippen LogP contribution in [0, 0.1) is 18.7 Å². The Morgan fingerprint density at radius 1 is 1.03 bits per heavy atom. The van der Waals surface area contributed by atoms with Crippen molar-refractivity contribution in [1.82, 2.24) is 9.80 Å². The molecule has 0 N–H and O–H groups in total. The molecule has 0 spiro atoms. The third kappa shape index (κ3) is 5.82. The SMILES string of the molecule is Cc1cc(F)ccc1[C@H]1CC(C)CCN1C(=O)N(C)Cc1cc(C(F)(F)F)cc(C(F)(F)F)c1. The van der Waals surface area contributed by atoms with E-state index in [1.807, 2.05) is 6.92 Å². The lowest BCUT2D eigenvalue weighted by Gasteiger charge is -2.41. The minimum Gasteiger partial charge on any atom is -0.323 e. The summed E-state index contributed by atoms with van der Waals surface area (Å²) in [6, 6.07) is 4.67. The number of urea groups is 1. The van der Waals surface area contributed by atoms with Crippen LogP contribution >= 0.6 is 0 Å². The summed E-state index contributed by atoms with van der Waals surface area (Å²) in [5.41, 5.74) is -1.71. The summed E-state index contributed by atoms with van der Waals surface area (Å²) < 4.78 is 92.7. The Morgan fingerprint density at radius 3 is 2.15 bits per heavy atom. The predicted molar refractivity (Wildman–Crippen MR) is 112 cm³/mol. The largest absolute Gasteiger partial charge is 0.416 e. The summed E-state index contributed by atoms with van der Waals surface area (Å²) in [5.74, 6) is -0.133. The number of halogens is 7. The fourth-order valence-electron chi connectivity index (χ4n) is 4.35. The summed E-state index contributed by atoms with van der Waals surface area (Å²) in [7, 11) is 1.34. The molecule has 3 rings (SSSR count). The molecule has 0 saturated carbocycles. The maximum absolute atomic E-state index is 13.6. The lowest BCUT2D eigenvalue weighted by Crippen LogP contribution is -2.46. The zero-order chi connectivity index (χ0) is 25.4. The number of carbonyl (C=O) groups excluding carboxylic acids is 1. The van der Waals surface area contributed by atoms with E-state index in [4.69, 9.17) is 0 Å². The summed E-state index contributed by atoms with van der Waals surface area (Å²) in [6.07, 6.45) is -8.63. The van der Waals surface area contributed by atoms with Gasteiger partial charge in [-0.1, -0.05) is 13.0 Å². The number of nitrogens with zero attached hydrogens (tertiary/aromatic N) is 2. The molecule has 1 aliphatic heterocycles. The van der Waals surface area contributed by atoms with Gasteiger partial charge in [0.05, 0.1) is 17.2 Å². The summed E-state index contributed by atoms with van der Waals surface area (Å²) in [6.45, 7) is 3.68. The molecule has 2 amide bonds. The molecule has 1 unspecified atom stereocenters. The van der Waals surface area contributed by atoms with Crippen molar-refractivity contribution < 1.29 is 35.5 Å². The molecule has 1 aliphatic rings. The first-order chi connectivity index (χ1) is 15.7. The number of benzene rings is 2. The highest BCUT2D eigenvalue weighted by Gasteiger charge is 2.38. The van der Waals surface area contributed by atoms with Crippen molar-refractivity contribution >= 4 is 6.03 Å². The minimum absolute atomic E-state index is 0.0602. The van der Waals surface area contributed by atoms with Crippen molar-refractivity contribution in [1.29, 1.82) is 0 Å². The Labute approximate surface area is 193 Å². The molecule has 2 aromatic rings. The third-order valence-corrected chi connectivity index (χ3v) is 6.09. The van der Waals surface area contributed by atoms with E-state index in [9.17, 15) is 35.5 Å². The fraction of sp³-hybridized carbons (Fsp3) is 0.458. The van der Waals surface area contributed by atoms with Crippen molar-refractivity contribution in [2.75, 3.05) is 13.6 Å². The average molecular weight is 490 g/mol. The van der Waals surface area contributed by atoms with Crippen LogP contribution < -0.4 is 0 Å². The maximum Gasteiger partial charge on any atom is 0.416 e. The van der Waals surface area contributed by atoms with E-state index in [2.05, 4.69) is 0 Å². The van der Waals surface area contributed by atoms with E-state index >= 15 is 0 Å². The van der Waals surface area contributed by atoms with Crippen LogP contribution in [-0.2, 0) is 18.9 Å². The molecule has 0 aliphatic carbocycles. The number of amides is 2. The molecule has 2 atom stereocenters. The number of alkyl halides is 6. The first-order valence-electron chi connectivity index (χ1n) is 10.7. The van der Waals surface area contributed by atoms with E-state index in [1.54, 1.807) is 17.9 Å². The molecule has 0 bridgehead atoms. The average Bonchev–Trinajstić information content (AvgIpc) is 2.71. The van der Waals surface area contributed by atoms with Crippen LogP contribution in [-0.4, -0.2) is 29.4 Å². The quantitative estimate of drug-likeness (QED) is 0.418. The molecule has 1 fully saturated rings. The van der Waals surface area contributed by atoms with Gasteiger partial charge in [-0.2, -0.15) is 26.3 Å². The predicted octanol–water partition coefficient (Wildman–Crippen LogP) is 7.20. The van der Waals surface area contributed by atoms with Crippen LogP contribution in [0.5, 0.6) is 0 Å². The molecule has 186 valence electrons. The van der Waals surface area contributed by atoms with Gasteiger partial charge in [-0.3, -0.25) is 0 Å². The number of rotatable bonds is 3. The first kappa shape index (κ1) is 25.8. The summed E-state index contributed by atoms with van der Waals surface area (Å²) in [5, 5.41) is 0. The second-order valence-electron chi connectivity index (χ2n) is 8.89. The zero-order valence-electron chi connectivity index (χ0n) is 18.9. The Bertz CT molecular complexity index is 1020. The Balaban J connectivity index is 1.89. The van der Waals surface area contributed by atoms with Crippen molar-refractivity contribution in [3.05, 3.63) is 70.0 Å². The molecule has 2 aromatic carbocycles. The van der Waals surface area contributed by atoms with Gasteiger partial charge in [-0.05, 0) is 72.7 Å². The van der Waals surface area contributed by atoms with Crippen molar-refractivity contribution in [2.24, 2.45) is 5.92 Å². The molecule has 0 radical (unpaired) electrons. The molecule has 1 heterocycles. The second kappa shape index (κ2) is 9.46. The second-order valence-corrected chi connectivity index (χ2v) is 8.89. The smallest absolute Gasteiger partial charge is 0.323 e. The maximum atomic E-state index is 13.6. The highest BCUT2D eigenvalue weighted by atomic mass is 19.4. The number of hydrogen-bond acceptors (Lipinski definition) is 1. The van der Waals surface area contributed by atoms with Crippen LogP contribution in [0.2, 0.25) is 0 Å². The Morgan fingerprint density at radius 2 is 1.62 bits per heavy atom. The first-order valence-corrected chi connectivity index (χ1v) is 10.7. The monoisotopic (exact) mass is 490 g/mol. The van der Waals surface area contributed by atoms with E-state index < -0.39 is 41.9 Å². The highest BCUT2D eigenvalue weighted by molar-refractivity contribution is 5.75. The van der Waals surface area contributed by atoms with Crippen LogP contribution in [0.25, 0.3) is 0 Å². The molecule has 3 nitrogen and oxygen atoms in total. The van der Waals surface area contributed by atoms with Gasteiger partial charge < -0.3 is 9.80 Å². The van der Waals surface area contributed by atoms with E-state index in [0.717, 1.165) is 10.5 Å². The van der Waals surface area contributed by atoms with Gasteiger partial charge in [0.2, 0.25) is 0 Å². The summed E-state index contributed by atoms with van der Waals surface area (Å²) >= 11 is 0. The Kier molecular flexibility index (Phi) is 7.19. The molecular weight excluding hydrogens is 465 g/mol. The normalized spacial score (nSPS) is 19.3. The zero-order valence-corrected chi connectivity index (χ0v) is 18.9. The minimum atomic E-state index is -4.97. The van der Waals surface area contributed by atoms with E-state index in [-0.39, 0.29) is 23.6 Å². The van der Waals surface area contributed by atoms with Gasteiger partial charge >= 0.3 is 18.4 Å². The third-order valence-electron chi connectivity index (χ3n) is 6.09. The van der Waals surface area contributed by atoms with Crippen LogP contribution in [0.15, 0.2) is 36.4 Å². The molecule has 1 saturated heterocycles. The van der Waals surface area contributed by atoms with E-state index in [1.165, 1.54) is 19.2 Å². The van der Waals surface area contributed by atoms with Crippen molar-refractivity contribution in [2.45, 2.75) is 51.6 Å². The molecule has 10 heteroatoms. The van der Waals surface area contributed by atoms with Gasteiger partial charge in [-0.15, -0.1) is 0 Å². The van der Waals surface area contributed by atoms with Crippen LogP contribution in [0.3, 0.4) is 0 Å². The van der Waals surface area contributed by atoms with Gasteiger partial charge in [0.25, 0.3) is 0 Å². The number of hydrogen-bond donors (Lipinski definition) is 0. The van der Waals surface area contributed by atoms with Crippen molar-refractivity contribution in [3.63, 3.8) is 0 Å². The lowest BCUT2D eigenvalue weighted by atomic mass is 9.86. The Hall–Kier alpha value is -2.78. The topological polar surface area (TPSA) is 23.6 Å². The molecular formula is C24H25F7N2O. The van der Waals surface area contributed by atoms with Crippen LogP contribution in [0.1, 0.15) is 53.6 Å². The standard InChI is InChI=1S/C24H25F7N2O/c1-14-6-7-33(21(8-14)20-5-4-19(25)9-15(20)2)22(34)32(3)13-16-10-17(23(26,27)28)12-18(11-16)24(29,30)31/h4-5,9-12,14,21H,6-8,13H2,1-3H3/t14?,21-/m1/s1. The van der Waals surface area contributed by atoms with E-state index in [0.29, 0.717) is 37.1 Å². The van der Waals surface area contributed by atoms with Gasteiger partial charge in [0.15, 0.2) is 0 Å². The van der Waals surface area contributed by atoms with Gasteiger partial charge in [0.1, 0.15) is 5.82 Å². The fourth-order valence-corrected chi connectivity index (χ4v) is 4.35. The summed E-state index contributed by atoms with van der Waals surface area (Å²) in [4.78, 5) is 15.9. The van der Waals surface area contributed by atoms with Gasteiger partial charge in [-0.25, -0.2) is 9.18 Å². The van der Waals surface area contributed by atoms with Gasteiger partial charge in [0, 0.05) is 20.1 Å². The number of carbonyl (C=O) groups is 1. The molecule has 0 aromatic heterocycles. The highest BCUT2D eigenvalue weighted by Crippen LogP contribution is 2.38. The van der Waals surface area contributed by atoms with Crippen molar-refractivity contribution in [3.8, 4) is 0 Å². The molecule has 34 heavy (non-hydrogen) atoms. The lowest BCUT2D eigenvalue weighted by molar-refractivity contribution is -0.143. The number of piperidine rings is 1. The van der Waals surface area contributed by atoms with Crippen LogP contribution in [0.4, 0.5) is 35.5 Å².